The molecule has 2 aromatic rings. The van der Waals surface area contributed by atoms with E-state index in [1.54, 1.807) is 0 Å². The first-order valence-corrected chi connectivity index (χ1v) is 7.66. The molecule has 0 saturated heterocycles. The number of halogens is 1. The number of hydrogen-bond donors (Lipinski definition) is 1. The average Bonchev–Trinajstić information content (AvgIpc) is 2.95. The summed E-state index contributed by atoms with van der Waals surface area (Å²) < 4.78 is 2.13. The number of rotatable bonds is 5. The van der Waals surface area contributed by atoms with E-state index in [1.807, 2.05) is 31.6 Å². The molecular weight excluding hydrogens is 286 g/mol. The predicted molar refractivity (Wildman–Crippen MR) is 83.2 cm³/mol. The normalized spacial score (nSPS) is 16.7. The Labute approximate surface area is 129 Å². The van der Waals surface area contributed by atoms with Crippen LogP contribution in [0.2, 0.25) is 5.02 Å². The lowest BCUT2D eigenvalue weighted by atomic mass is 10.0. The van der Waals surface area contributed by atoms with Crippen LogP contribution in [-0.2, 0) is 13.1 Å². The second-order valence-electron chi connectivity index (χ2n) is 5.40. The van der Waals surface area contributed by atoms with Gasteiger partial charge >= 0.3 is 0 Å². The summed E-state index contributed by atoms with van der Waals surface area (Å²) in [7, 11) is 2.00. The minimum Gasteiger partial charge on any atom is -0.315 e. The Kier molecular flexibility index (Phi) is 4.53. The van der Waals surface area contributed by atoms with Crippen molar-refractivity contribution in [2.75, 3.05) is 20.1 Å². The van der Waals surface area contributed by atoms with E-state index in [0.717, 1.165) is 43.4 Å². The van der Waals surface area contributed by atoms with Crippen molar-refractivity contribution < 1.29 is 0 Å². The fourth-order valence-electron chi connectivity index (χ4n) is 2.82. The number of fused-ring (bicyclic) bond motifs is 1. The zero-order valence-corrected chi connectivity index (χ0v) is 12.9. The largest absolute Gasteiger partial charge is 0.315 e. The maximum atomic E-state index is 6.08. The molecule has 1 aliphatic heterocycles. The third-order valence-electron chi connectivity index (χ3n) is 4.05. The van der Waals surface area contributed by atoms with Crippen LogP contribution in [-0.4, -0.2) is 39.8 Å². The molecule has 0 saturated carbocycles. The summed E-state index contributed by atoms with van der Waals surface area (Å²) in [5.74, 6) is 1.06. The van der Waals surface area contributed by atoms with Gasteiger partial charge in [0.1, 0.15) is 12.2 Å². The first kappa shape index (κ1) is 14.5. The quantitative estimate of drug-likeness (QED) is 0.919. The molecule has 6 heteroatoms. The molecule has 1 aromatic heterocycles. The van der Waals surface area contributed by atoms with Crippen LogP contribution >= 0.6 is 11.6 Å². The van der Waals surface area contributed by atoms with Crippen LogP contribution in [0.15, 0.2) is 30.6 Å². The molecule has 112 valence electrons. The zero-order chi connectivity index (χ0) is 14.7. The van der Waals surface area contributed by atoms with E-state index in [0.29, 0.717) is 6.04 Å². The van der Waals surface area contributed by atoms with Crippen LogP contribution in [0.25, 0.3) is 0 Å². The molecule has 0 amide bonds. The summed E-state index contributed by atoms with van der Waals surface area (Å²) in [6.07, 6.45) is 2.86. The molecule has 1 unspecified atom stereocenters. The van der Waals surface area contributed by atoms with Gasteiger partial charge in [-0.2, -0.15) is 0 Å². The second-order valence-corrected chi connectivity index (χ2v) is 5.84. The van der Waals surface area contributed by atoms with Crippen LogP contribution in [0.5, 0.6) is 0 Å². The van der Waals surface area contributed by atoms with E-state index in [-0.39, 0.29) is 0 Å². The SMILES string of the molecule is CNC(CCN1CCn2cnnc2C1)c1cccc(Cl)c1. The highest BCUT2D eigenvalue weighted by molar-refractivity contribution is 6.30. The lowest BCUT2D eigenvalue weighted by Crippen LogP contribution is -2.35. The Hall–Kier alpha value is -1.43. The van der Waals surface area contributed by atoms with Crippen molar-refractivity contribution in [3.8, 4) is 0 Å². The molecule has 2 heterocycles. The summed E-state index contributed by atoms with van der Waals surface area (Å²) in [5.41, 5.74) is 1.24. The Morgan fingerprint density at radius 2 is 2.29 bits per heavy atom. The van der Waals surface area contributed by atoms with Crippen molar-refractivity contribution in [2.24, 2.45) is 0 Å². The Bertz CT molecular complexity index is 597. The van der Waals surface area contributed by atoms with Gasteiger partial charge in [0.25, 0.3) is 0 Å². The fourth-order valence-corrected chi connectivity index (χ4v) is 3.02. The highest BCUT2D eigenvalue weighted by Gasteiger charge is 2.18. The van der Waals surface area contributed by atoms with E-state index in [1.165, 1.54) is 5.56 Å². The second kappa shape index (κ2) is 6.56. The van der Waals surface area contributed by atoms with Gasteiger partial charge in [0.15, 0.2) is 0 Å². The topological polar surface area (TPSA) is 46.0 Å². The van der Waals surface area contributed by atoms with Crippen LogP contribution in [0.1, 0.15) is 23.9 Å². The number of hydrogen-bond acceptors (Lipinski definition) is 4. The number of nitrogens with one attached hydrogen (secondary N) is 1. The molecular formula is C15H20ClN5. The monoisotopic (exact) mass is 305 g/mol. The summed E-state index contributed by atoms with van der Waals surface area (Å²) >= 11 is 6.08. The van der Waals surface area contributed by atoms with Gasteiger partial charge in [-0.1, -0.05) is 23.7 Å². The molecule has 0 aliphatic carbocycles. The van der Waals surface area contributed by atoms with Gasteiger partial charge in [-0.05, 0) is 31.2 Å². The van der Waals surface area contributed by atoms with Crippen molar-refractivity contribution in [2.45, 2.75) is 25.6 Å². The van der Waals surface area contributed by atoms with E-state index >= 15 is 0 Å². The summed E-state index contributed by atoms with van der Waals surface area (Å²) in [6.45, 7) is 3.94. The molecule has 0 spiro atoms. The van der Waals surface area contributed by atoms with Crippen molar-refractivity contribution in [1.29, 1.82) is 0 Å². The van der Waals surface area contributed by atoms with Gasteiger partial charge in [0.05, 0.1) is 6.54 Å². The minimum absolute atomic E-state index is 0.323. The van der Waals surface area contributed by atoms with E-state index < -0.39 is 0 Å². The van der Waals surface area contributed by atoms with Crippen LogP contribution in [0, 0.1) is 0 Å². The third kappa shape index (κ3) is 3.43. The highest BCUT2D eigenvalue weighted by atomic mass is 35.5. The minimum atomic E-state index is 0.323. The lowest BCUT2D eigenvalue weighted by Gasteiger charge is -2.28. The van der Waals surface area contributed by atoms with Gasteiger partial charge < -0.3 is 9.88 Å². The predicted octanol–water partition coefficient (Wildman–Crippen LogP) is 2.10. The molecule has 1 aromatic carbocycles. The molecule has 1 N–H and O–H groups in total. The maximum absolute atomic E-state index is 6.08. The van der Waals surface area contributed by atoms with E-state index in [9.17, 15) is 0 Å². The molecule has 1 atom stereocenters. The first-order valence-electron chi connectivity index (χ1n) is 7.28. The lowest BCUT2D eigenvalue weighted by molar-refractivity contribution is 0.207. The summed E-state index contributed by atoms with van der Waals surface area (Å²) in [4.78, 5) is 2.43. The number of benzene rings is 1. The van der Waals surface area contributed by atoms with Gasteiger partial charge in [-0.25, -0.2) is 0 Å². The Morgan fingerprint density at radius 1 is 1.38 bits per heavy atom. The van der Waals surface area contributed by atoms with E-state index in [2.05, 4.69) is 31.0 Å². The molecule has 0 fully saturated rings. The molecule has 1 aliphatic rings. The van der Waals surface area contributed by atoms with Crippen LogP contribution in [0.4, 0.5) is 0 Å². The maximum Gasteiger partial charge on any atom is 0.147 e. The molecule has 0 bridgehead atoms. The van der Waals surface area contributed by atoms with Crippen LogP contribution in [0.3, 0.4) is 0 Å². The molecule has 0 radical (unpaired) electrons. The van der Waals surface area contributed by atoms with Gasteiger partial charge in [0.2, 0.25) is 0 Å². The molecule has 5 nitrogen and oxygen atoms in total. The van der Waals surface area contributed by atoms with Crippen molar-refractivity contribution >= 4 is 11.6 Å². The molecule has 3 rings (SSSR count). The van der Waals surface area contributed by atoms with E-state index in [4.69, 9.17) is 11.6 Å². The smallest absolute Gasteiger partial charge is 0.147 e. The molecule has 21 heavy (non-hydrogen) atoms. The Morgan fingerprint density at radius 3 is 3.10 bits per heavy atom. The average molecular weight is 306 g/mol. The zero-order valence-electron chi connectivity index (χ0n) is 12.2. The van der Waals surface area contributed by atoms with Crippen molar-refractivity contribution in [1.82, 2.24) is 25.0 Å². The summed E-state index contributed by atoms with van der Waals surface area (Å²) in [6, 6.07) is 8.40. The summed E-state index contributed by atoms with van der Waals surface area (Å²) in [5, 5.41) is 12.3. The van der Waals surface area contributed by atoms with Crippen LogP contribution < -0.4 is 5.32 Å². The van der Waals surface area contributed by atoms with Crippen molar-refractivity contribution in [3.05, 3.63) is 47.0 Å². The van der Waals surface area contributed by atoms with Gasteiger partial charge in [-0.3, -0.25) is 4.90 Å². The van der Waals surface area contributed by atoms with Gasteiger partial charge in [0, 0.05) is 30.7 Å². The standard InChI is InChI=1S/C15H20ClN5/c1-17-14(12-3-2-4-13(16)9-12)5-6-20-7-8-21-11-18-19-15(21)10-20/h2-4,9,11,14,17H,5-8,10H2,1H3. The highest BCUT2D eigenvalue weighted by Crippen LogP contribution is 2.21. The van der Waals surface area contributed by atoms with Crippen molar-refractivity contribution in [3.63, 3.8) is 0 Å². The number of aromatic nitrogens is 3. The Balaban J connectivity index is 1.59. The fraction of sp³-hybridized carbons (Fsp3) is 0.467. The number of nitrogens with zero attached hydrogens (tertiary/aromatic N) is 4. The van der Waals surface area contributed by atoms with Gasteiger partial charge in [-0.15, -0.1) is 10.2 Å². The third-order valence-corrected chi connectivity index (χ3v) is 4.29. The first-order chi connectivity index (χ1) is 10.3.